The Morgan fingerprint density at radius 1 is 1.22 bits per heavy atom. The van der Waals surface area contributed by atoms with Crippen LogP contribution in [-0.2, 0) is 4.79 Å². The van der Waals surface area contributed by atoms with Crippen molar-refractivity contribution < 1.29 is 9.21 Å². The number of furan rings is 1. The number of benzene rings is 1. The summed E-state index contributed by atoms with van der Waals surface area (Å²) in [6, 6.07) is 7.96. The Morgan fingerprint density at radius 2 is 1.93 bits per heavy atom. The Hall–Kier alpha value is -2.54. The van der Waals surface area contributed by atoms with Crippen LogP contribution >= 0.6 is 11.8 Å². The lowest BCUT2D eigenvalue weighted by atomic mass is 10.1. The van der Waals surface area contributed by atoms with Crippen LogP contribution in [0.3, 0.4) is 0 Å². The standard InChI is InChI=1S/C20H24N4O2S/c1-12(2)24-19(16-7-6-8-26-16)22-23-20(24)27-11-17(25)21-18-14(4)9-13(3)10-15(18)5/h6-10,12H,11H2,1-5H3,(H,21,25). The van der Waals surface area contributed by atoms with Crippen LogP contribution in [0.5, 0.6) is 0 Å². The number of hydrogen-bond acceptors (Lipinski definition) is 5. The van der Waals surface area contributed by atoms with E-state index >= 15 is 0 Å². The third-order valence-electron chi connectivity index (χ3n) is 4.20. The van der Waals surface area contributed by atoms with E-state index in [1.165, 1.54) is 17.3 Å². The van der Waals surface area contributed by atoms with Gasteiger partial charge in [0, 0.05) is 11.7 Å². The van der Waals surface area contributed by atoms with Crippen LogP contribution in [0.1, 0.15) is 36.6 Å². The Bertz CT molecular complexity index is 922. The number of nitrogens with zero attached hydrogens (tertiary/aromatic N) is 3. The zero-order chi connectivity index (χ0) is 19.6. The lowest BCUT2D eigenvalue weighted by Crippen LogP contribution is -2.16. The van der Waals surface area contributed by atoms with Gasteiger partial charge in [-0.25, -0.2) is 0 Å². The maximum Gasteiger partial charge on any atom is 0.234 e. The first kappa shape index (κ1) is 19.2. The summed E-state index contributed by atoms with van der Waals surface area (Å²) in [4.78, 5) is 12.5. The van der Waals surface area contributed by atoms with Gasteiger partial charge in [0.2, 0.25) is 11.7 Å². The SMILES string of the molecule is Cc1cc(C)c(NC(=O)CSc2nnc(-c3ccco3)n2C(C)C)c(C)c1. The predicted octanol–water partition coefficient (Wildman–Crippen LogP) is 4.78. The number of anilines is 1. The largest absolute Gasteiger partial charge is 0.461 e. The minimum atomic E-state index is -0.0621. The molecule has 0 unspecified atom stereocenters. The van der Waals surface area contributed by atoms with Crippen LogP contribution in [0.2, 0.25) is 0 Å². The van der Waals surface area contributed by atoms with Gasteiger partial charge < -0.3 is 9.73 Å². The smallest absolute Gasteiger partial charge is 0.234 e. The highest BCUT2D eigenvalue weighted by molar-refractivity contribution is 7.99. The molecule has 0 aliphatic carbocycles. The third kappa shape index (κ3) is 4.24. The summed E-state index contributed by atoms with van der Waals surface area (Å²) in [5.41, 5.74) is 4.20. The molecule has 142 valence electrons. The van der Waals surface area contributed by atoms with E-state index < -0.39 is 0 Å². The number of nitrogens with one attached hydrogen (secondary N) is 1. The fourth-order valence-corrected chi connectivity index (χ4v) is 3.96. The first-order chi connectivity index (χ1) is 12.9. The number of carbonyl (C=O) groups excluding carboxylic acids is 1. The van der Waals surface area contributed by atoms with E-state index in [2.05, 4.69) is 48.4 Å². The van der Waals surface area contributed by atoms with E-state index in [1.54, 1.807) is 6.26 Å². The van der Waals surface area contributed by atoms with E-state index in [0.29, 0.717) is 16.7 Å². The highest BCUT2D eigenvalue weighted by Crippen LogP contribution is 2.28. The Labute approximate surface area is 163 Å². The number of aryl methyl sites for hydroxylation is 3. The van der Waals surface area contributed by atoms with Crippen molar-refractivity contribution in [2.75, 3.05) is 11.1 Å². The van der Waals surface area contributed by atoms with Gasteiger partial charge in [-0.1, -0.05) is 29.5 Å². The van der Waals surface area contributed by atoms with Crippen LogP contribution in [0.25, 0.3) is 11.6 Å². The maximum atomic E-state index is 12.5. The fraction of sp³-hybridized carbons (Fsp3) is 0.350. The van der Waals surface area contributed by atoms with Gasteiger partial charge in [0.1, 0.15) is 0 Å². The molecule has 3 rings (SSSR count). The molecule has 1 N–H and O–H groups in total. The number of hydrogen-bond donors (Lipinski definition) is 1. The quantitative estimate of drug-likeness (QED) is 0.620. The number of amides is 1. The average Bonchev–Trinajstić information content (AvgIpc) is 3.24. The zero-order valence-electron chi connectivity index (χ0n) is 16.2. The summed E-state index contributed by atoms with van der Waals surface area (Å²) >= 11 is 1.37. The van der Waals surface area contributed by atoms with Crippen molar-refractivity contribution in [3.63, 3.8) is 0 Å². The minimum Gasteiger partial charge on any atom is -0.461 e. The molecule has 0 fully saturated rings. The molecule has 1 amide bonds. The van der Waals surface area contributed by atoms with E-state index in [9.17, 15) is 4.79 Å². The van der Waals surface area contributed by atoms with Crippen LogP contribution in [-0.4, -0.2) is 26.4 Å². The molecule has 0 saturated heterocycles. The Kier molecular flexibility index (Phi) is 5.70. The van der Waals surface area contributed by atoms with Gasteiger partial charge in [0.15, 0.2) is 10.9 Å². The van der Waals surface area contributed by atoms with Crippen molar-refractivity contribution in [3.05, 3.63) is 47.2 Å². The molecule has 0 radical (unpaired) electrons. The van der Waals surface area contributed by atoms with Crippen LogP contribution in [0, 0.1) is 20.8 Å². The number of aromatic nitrogens is 3. The molecule has 1 aromatic carbocycles. The molecule has 27 heavy (non-hydrogen) atoms. The number of carbonyl (C=O) groups is 1. The van der Waals surface area contributed by atoms with Crippen molar-refractivity contribution in [2.45, 2.75) is 45.8 Å². The number of rotatable bonds is 6. The maximum absolute atomic E-state index is 12.5. The van der Waals surface area contributed by atoms with Gasteiger partial charge >= 0.3 is 0 Å². The molecule has 2 heterocycles. The molecule has 3 aromatic rings. The number of thioether (sulfide) groups is 1. The highest BCUT2D eigenvalue weighted by Gasteiger charge is 2.19. The Balaban J connectivity index is 1.73. The normalized spacial score (nSPS) is 11.2. The second-order valence-electron chi connectivity index (χ2n) is 6.86. The van der Waals surface area contributed by atoms with Crippen LogP contribution in [0.15, 0.2) is 40.1 Å². The molecule has 6 nitrogen and oxygen atoms in total. The second kappa shape index (κ2) is 8.00. The molecule has 0 spiro atoms. The summed E-state index contributed by atoms with van der Waals surface area (Å²) in [6.07, 6.45) is 1.61. The highest BCUT2D eigenvalue weighted by atomic mass is 32.2. The summed E-state index contributed by atoms with van der Waals surface area (Å²) < 4.78 is 7.44. The van der Waals surface area contributed by atoms with Crippen molar-refractivity contribution in [2.24, 2.45) is 0 Å². The molecular weight excluding hydrogens is 360 g/mol. The van der Waals surface area contributed by atoms with Crippen LogP contribution in [0.4, 0.5) is 5.69 Å². The monoisotopic (exact) mass is 384 g/mol. The minimum absolute atomic E-state index is 0.0621. The van der Waals surface area contributed by atoms with Gasteiger partial charge in [0.05, 0.1) is 12.0 Å². The van der Waals surface area contributed by atoms with Crippen molar-refractivity contribution in [3.8, 4) is 11.6 Å². The topological polar surface area (TPSA) is 73.0 Å². The summed E-state index contributed by atoms with van der Waals surface area (Å²) in [6.45, 7) is 10.2. The van der Waals surface area contributed by atoms with Gasteiger partial charge in [0.25, 0.3) is 0 Å². The first-order valence-corrected chi connectivity index (χ1v) is 9.84. The Morgan fingerprint density at radius 3 is 2.52 bits per heavy atom. The fourth-order valence-electron chi connectivity index (χ4n) is 3.10. The molecule has 0 saturated carbocycles. The summed E-state index contributed by atoms with van der Waals surface area (Å²) in [7, 11) is 0. The van der Waals surface area contributed by atoms with Crippen molar-refractivity contribution in [1.29, 1.82) is 0 Å². The molecular formula is C20H24N4O2S. The molecule has 0 bridgehead atoms. The molecule has 2 aromatic heterocycles. The lowest BCUT2D eigenvalue weighted by molar-refractivity contribution is -0.113. The zero-order valence-corrected chi connectivity index (χ0v) is 17.1. The predicted molar refractivity (Wildman–Crippen MR) is 108 cm³/mol. The molecule has 0 aliphatic rings. The van der Waals surface area contributed by atoms with Crippen molar-refractivity contribution in [1.82, 2.24) is 14.8 Å². The first-order valence-electron chi connectivity index (χ1n) is 8.86. The molecule has 0 atom stereocenters. The summed E-state index contributed by atoms with van der Waals surface area (Å²) in [5.74, 6) is 1.53. The van der Waals surface area contributed by atoms with E-state index in [-0.39, 0.29) is 17.7 Å². The third-order valence-corrected chi connectivity index (χ3v) is 5.14. The molecule has 7 heteroatoms. The van der Waals surface area contributed by atoms with Gasteiger partial charge in [-0.15, -0.1) is 10.2 Å². The van der Waals surface area contributed by atoms with Crippen LogP contribution < -0.4 is 5.32 Å². The van der Waals surface area contributed by atoms with E-state index in [1.807, 2.05) is 30.5 Å². The summed E-state index contributed by atoms with van der Waals surface area (Å²) in [5, 5.41) is 12.2. The lowest BCUT2D eigenvalue weighted by Gasteiger charge is -2.14. The average molecular weight is 385 g/mol. The van der Waals surface area contributed by atoms with E-state index in [0.717, 1.165) is 16.8 Å². The van der Waals surface area contributed by atoms with Crippen molar-refractivity contribution >= 4 is 23.4 Å². The van der Waals surface area contributed by atoms with Gasteiger partial charge in [-0.2, -0.15) is 0 Å². The van der Waals surface area contributed by atoms with E-state index in [4.69, 9.17) is 4.42 Å². The van der Waals surface area contributed by atoms with Gasteiger partial charge in [-0.3, -0.25) is 9.36 Å². The van der Waals surface area contributed by atoms with Gasteiger partial charge in [-0.05, 0) is 57.9 Å². The second-order valence-corrected chi connectivity index (χ2v) is 7.80. The molecule has 0 aliphatic heterocycles.